The van der Waals surface area contributed by atoms with Gasteiger partial charge in [0.15, 0.2) is 0 Å². The Balaban J connectivity index is 1.15. The van der Waals surface area contributed by atoms with Gasteiger partial charge in [-0.2, -0.15) is 0 Å². The van der Waals surface area contributed by atoms with E-state index in [2.05, 4.69) is 145 Å². The molecule has 0 aliphatic heterocycles. The van der Waals surface area contributed by atoms with Gasteiger partial charge >= 0.3 is 0 Å². The Morgan fingerprint density at radius 3 is 1.70 bits per heavy atom. The number of benzene rings is 7. The summed E-state index contributed by atoms with van der Waals surface area (Å²) in [5.74, 6) is 1.67. The molecule has 7 rings (SSSR count). The molecule has 0 fully saturated rings. The summed E-state index contributed by atoms with van der Waals surface area (Å²) >= 11 is 0. The second-order valence-electron chi connectivity index (χ2n) is 11.4. The molecule has 0 amide bonds. The van der Waals surface area contributed by atoms with Gasteiger partial charge in [-0.05, 0) is 91.3 Å². The van der Waals surface area contributed by atoms with Crippen molar-refractivity contribution in [2.75, 3.05) is 19.5 Å². The van der Waals surface area contributed by atoms with Gasteiger partial charge in [0, 0.05) is 5.69 Å². The quantitative estimate of drug-likeness (QED) is 0.168. The number of nitrogens with one attached hydrogen (secondary N) is 1. The van der Waals surface area contributed by atoms with Crippen molar-refractivity contribution in [1.82, 2.24) is 0 Å². The standard InChI is InChI=1S/C43H35NO2/c1-45-36-25-18-33(19-26-36)43(34-20-27-37(46-2)28-21-34)44-35-23-15-30(16-24-35)14-17-32-22-29-42(40-12-6-5-11-39(32)40)41-13-7-9-31-8-3-4-10-38(31)41/h3-29,43-44H,1-2H3. The predicted octanol–water partition coefficient (Wildman–Crippen LogP) is 11.0. The zero-order valence-corrected chi connectivity index (χ0v) is 26.0. The van der Waals surface area contributed by atoms with E-state index in [0.29, 0.717) is 0 Å². The second-order valence-corrected chi connectivity index (χ2v) is 11.4. The van der Waals surface area contributed by atoms with E-state index in [9.17, 15) is 0 Å². The maximum absolute atomic E-state index is 5.39. The molecule has 224 valence electrons. The van der Waals surface area contributed by atoms with E-state index in [4.69, 9.17) is 9.47 Å². The first-order chi connectivity index (χ1) is 22.7. The summed E-state index contributed by atoms with van der Waals surface area (Å²) in [4.78, 5) is 0. The van der Waals surface area contributed by atoms with Crippen LogP contribution in [-0.4, -0.2) is 14.2 Å². The molecule has 0 bridgehead atoms. The van der Waals surface area contributed by atoms with Gasteiger partial charge in [-0.1, -0.05) is 127 Å². The fraction of sp³-hybridized carbons (Fsp3) is 0.0698. The predicted molar refractivity (Wildman–Crippen MR) is 194 cm³/mol. The molecule has 0 saturated heterocycles. The van der Waals surface area contributed by atoms with Crippen molar-refractivity contribution in [3.8, 4) is 22.6 Å². The molecule has 46 heavy (non-hydrogen) atoms. The summed E-state index contributed by atoms with van der Waals surface area (Å²) in [6.07, 6.45) is 4.41. The Kier molecular flexibility index (Phi) is 8.21. The van der Waals surface area contributed by atoms with Gasteiger partial charge in [0.2, 0.25) is 0 Å². The number of hydrogen-bond donors (Lipinski definition) is 1. The van der Waals surface area contributed by atoms with Crippen molar-refractivity contribution in [1.29, 1.82) is 0 Å². The van der Waals surface area contributed by atoms with Crippen LogP contribution in [0.3, 0.4) is 0 Å². The zero-order chi connectivity index (χ0) is 31.3. The first-order valence-corrected chi connectivity index (χ1v) is 15.5. The molecular weight excluding hydrogens is 562 g/mol. The van der Waals surface area contributed by atoms with Crippen LogP contribution in [0.25, 0.3) is 44.8 Å². The van der Waals surface area contributed by atoms with Gasteiger partial charge in [0.1, 0.15) is 11.5 Å². The molecule has 0 aliphatic carbocycles. The van der Waals surface area contributed by atoms with Crippen molar-refractivity contribution in [2.45, 2.75) is 6.04 Å². The minimum Gasteiger partial charge on any atom is -0.497 e. The summed E-state index contributed by atoms with van der Waals surface area (Å²) in [6, 6.07) is 53.3. The second kappa shape index (κ2) is 13.1. The lowest BCUT2D eigenvalue weighted by Gasteiger charge is -2.22. The molecule has 0 unspecified atom stereocenters. The zero-order valence-electron chi connectivity index (χ0n) is 26.0. The highest BCUT2D eigenvalue weighted by Crippen LogP contribution is 2.36. The third kappa shape index (κ3) is 5.96. The van der Waals surface area contributed by atoms with E-state index in [1.165, 1.54) is 38.2 Å². The highest BCUT2D eigenvalue weighted by molar-refractivity contribution is 6.07. The van der Waals surface area contributed by atoms with Crippen molar-refractivity contribution >= 4 is 39.4 Å². The molecule has 0 aromatic heterocycles. The van der Waals surface area contributed by atoms with Gasteiger partial charge in [-0.3, -0.25) is 0 Å². The van der Waals surface area contributed by atoms with Crippen LogP contribution in [0.5, 0.6) is 11.5 Å². The third-order valence-corrected chi connectivity index (χ3v) is 8.61. The molecule has 0 aliphatic rings. The van der Waals surface area contributed by atoms with Crippen LogP contribution in [0.15, 0.2) is 152 Å². The third-order valence-electron chi connectivity index (χ3n) is 8.61. The van der Waals surface area contributed by atoms with Crippen molar-refractivity contribution in [2.24, 2.45) is 0 Å². The molecule has 3 nitrogen and oxygen atoms in total. The number of fused-ring (bicyclic) bond motifs is 2. The van der Waals surface area contributed by atoms with E-state index >= 15 is 0 Å². The molecule has 0 heterocycles. The minimum absolute atomic E-state index is 0.0372. The molecule has 0 saturated carbocycles. The molecule has 1 N–H and O–H groups in total. The topological polar surface area (TPSA) is 30.5 Å². The first kappa shape index (κ1) is 28.9. The lowest BCUT2D eigenvalue weighted by atomic mass is 9.92. The van der Waals surface area contributed by atoms with Crippen LogP contribution >= 0.6 is 0 Å². The SMILES string of the molecule is COc1ccc(C(Nc2ccc(C=Cc3ccc(-c4cccc5ccccc45)c4ccccc34)cc2)c2ccc(OC)cc2)cc1. The van der Waals surface area contributed by atoms with Crippen LogP contribution in [0.1, 0.15) is 28.3 Å². The summed E-state index contributed by atoms with van der Waals surface area (Å²) < 4.78 is 10.8. The van der Waals surface area contributed by atoms with Crippen LogP contribution in [-0.2, 0) is 0 Å². The van der Waals surface area contributed by atoms with Crippen molar-refractivity contribution in [3.63, 3.8) is 0 Å². The lowest BCUT2D eigenvalue weighted by molar-refractivity contribution is 0.414. The van der Waals surface area contributed by atoms with E-state index < -0.39 is 0 Å². The average Bonchev–Trinajstić information content (AvgIpc) is 3.13. The Morgan fingerprint density at radius 2 is 1.04 bits per heavy atom. The summed E-state index contributed by atoms with van der Waals surface area (Å²) in [5, 5.41) is 8.76. The van der Waals surface area contributed by atoms with E-state index in [-0.39, 0.29) is 6.04 Å². The lowest BCUT2D eigenvalue weighted by Crippen LogP contribution is -2.12. The van der Waals surface area contributed by atoms with Crippen LogP contribution in [0, 0.1) is 0 Å². The maximum Gasteiger partial charge on any atom is 0.118 e. The smallest absolute Gasteiger partial charge is 0.118 e. The van der Waals surface area contributed by atoms with Crippen LogP contribution < -0.4 is 14.8 Å². The Morgan fingerprint density at radius 1 is 0.478 bits per heavy atom. The van der Waals surface area contributed by atoms with Crippen LogP contribution in [0.4, 0.5) is 5.69 Å². The highest BCUT2D eigenvalue weighted by atomic mass is 16.5. The van der Waals surface area contributed by atoms with E-state index in [0.717, 1.165) is 33.9 Å². The number of ether oxygens (including phenoxy) is 2. The highest BCUT2D eigenvalue weighted by Gasteiger charge is 2.15. The van der Waals surface area contributed by atoms with Crippen molar-refractivity contribution < 1.29 is 9.47 Å². The summed E-state index contributed by atoms with van der Waals surface area (Å²) in [5.41, 5.74) is 8.18. The molecule has 0 radical (unpaired) electrons. The number of methoxy groups -OCH3 is 2. The van der Waals surface area contributed by atoms with Gasteiger partial charge in [0.25, 0.3) is 0 Å². The molecule has 0 atom stereocenters. The molecule has 7 aromatic carbocycles. The molecule has 3 heteroatoms. The van der Waals surface area contributed by atoms with Gasteiger partial charge < -0.3 is 14.8 Å². The number of anilines is 1. The number of rotatable bonds is 9. The van der Waals surface area contributed by atoms with E-state index in [1.54, 1.807) is 14.2 Å². The molecule has 0 spiro atoms. The fourth-order valence-electron chi connectivity index (χ4n) is 6.16. The fourth-order valence-corrected chi connectivity index (χ4v) is 6.16. The Hall–Kier alpha value is -5.80. The van der Waals surface area contributed by atoms with Crippen LogP contribution in [0.2, 0.25) is 0 Å². The Bertz CT molecular complexity index is 2080. The normalized spacial score (nSPS) is 11.4. The monoisotopic (exact) mass is 597 g/mol. The average molecular weight is 598 g/mol. The molecular formula is C43H35NO2. The maximum atomic E-state index is 5.39. The Labute approximate surface area is 270 Å². The molecule has 7 aromatic rings. The summed E-state index contributed by atoms with van der Waals surface area (Å²) in [7, 11) is 3.38. The minimum atomic E-state index is -0.0372. The van der Waals surface area contributed by atoms with Gasteiger partial charge in [-0.15, -0.1) is 0 Å². The first-order valence-electron chi connectivity index (χ1n) is 15.5. The summed E-state index contributed by atoms with van der Waals surface area (Å²) in [6.45, 7) is 0. The van der Waals surface area contributed by atoms with Crippen molar-refractivity contribution in [3.05, 3.63) is 174 Å². The van der Waals surface area contributed by atoms with Gasteiger partial charge in [-0.25, -0.2) is 0 Å². The van der Waals surface area contributed by atoms with E-state index in [1.807, 2.05) is 24.3 Å². The van der Waals surface area contributed by atoms with Gasteiger partial charge in [0.05, 0.1) is 20.3 Å². The number of hydrogen-bond acceptors (Lipinski definition) is 3. The largest absolute Gasteiger partial charge is 0.497 e.